The maximum Gasteiger partial charge on any atom is 0.416 e. The summed E-state index contributed by atoms with van der Waals surface area (Å²) in [6, 6.07) is 2.29. The van der Waals surface area contributed by atoms with E-state index >= 15 is 0 Å². The molecular formula is C15H19F3N2O3S. The molecule has 24 heavy (non-hydrogen) atoms. The highest BCUT2D eigenvalue weighted by Gasteiger charge is 2.33. The average Bonchev–Trinajstić information content (AvgIpc) is 2.51. The molecule has 0 aliphatic heterocycles. The van der Waals surface area contributed by atoms with Crippen molar-refractivity contribution in [3.63, 3.8) is 0 Å². The lowest BCUT2D eigenvalue weighted by atomic mass is 10.2. The van der Waals surface area contributed by atoms with E-state index < -0.39 is 22.4 Å². The topological polar surface area (TPSA) is 72.2 Å². The summed E-state index contributed by atoms with van der Waals surface area (Å²) in [7, 11) is 0. The summed E-state index contributed by atoms with van der Waals surface area (Å²) in [4.78, 5) is 21.8. The fourth-order valence-corrected chi connectivity index (χ4v) is 2.77. The molecule has 9 heteroatoms. The smallest absolute Gasteiger partial charge is 0.355 e. The van der Waals surface area contributed by atoms with Gasteiger partial charge >= 0.3 is 6.18 Å². The second-order valence-electron chi connectivity index (χ2n) is 5.14. The van der Waals surface area contributed by atoms with Crippen molar-refractivity contribution in [3.05, 3.63) is 33.9 Å². The van der Waals surface area contributed by atoms with Crippen LogP contribution in [0.4, 0.5) is 18.9 Å². The molecule has 0 radical (unpaired) electrons. The van der Waals surface area contributed by atoms with Crippen LogP contribution in [0.5, 0.6) is 0 Å². The van der Waals surface area contributed by atoms with Crippen molar-refractivity contribution < 1.29 is 22.9 Å². The maximum atomic E-state index is 12.6. The molecule has 0 saturated heterocycles. The van der Waals surface area contributed by atoms with E-state index in [2.05, 4.69) is 12.2 Å². The molecule has 0 bridgehead atoms. The highest BCUT2D eigenvalue weighted by atomic mass is 32.2. The van der Waals surface area contributed by atoms with Crippen molar-refractivity contribution in [2.45, 2.75) is 43.7 Å². The highest BCUT2D eigenvalue weighted by Crippen LogP contribution is 2.36. The summed E-state index contributed by atoms with van der Waals surface area (Å²) in [5.74, 6) is -0.384. The Morgan fingerprint density at radius 1 is 1.29 bits per heavy atom. The molecule has 0 aromatic heterocycles. The van der Waals surface area contributed by atoms with Crippen molar-refractivity contribution >= 4 is 23.4 Å². The van der Waals surface area contributed by atoms with E-state index in [0.29, 0.717) is 12.6 Å². The predicted molar refractivity (Wildman–Crippen MR) is 86.0 cm³/mol. The number of nitro benzene ring substituents is 1. The van der Waals surface area contributed by atoms with Crippen LogP contribution in [0.1, 0.15) is 38.2 Å². The van der Waals surface area contributed by atoms with Crippen LogP contribution in [0, 0.1) is 10.1 Å². The number of carbonyl (C=O) groups is 1. The number of nitro groups is 1. The molecule has 1 amide bonds. The van der Waals surface area contributed by atoms with Gasteiger partial charge in [-0.1, -0.05) is 26.2 Å². The monoisotopic (exact) mass is 364 g/mol. The zero-order valence-electron chi connectivity index (χ0n) is 13.2. The van der Waals surface area contributed by atoms with Crippen LogP contribution in [0.15, 0.2) is 23.1 Å². The number of alkyl halides is 3. The summed E-state index contributed by atoms with van der Waals surface area (Å²) < 4.78 is 37.8. The standard InChI is InChI=1S/C15H19F3N2O3S/c1-2-3-4-5-8-19-14(21)10-24-13-7-6-11(15(16,17)18)9-12(13)20(22)23/h6-7,9H,2-5,8,10H2,1H3,(H,19,21). The Morgan fingerprint density at radius 2 is 2.00 bits per heavy atom. The van der Waals surface area contributed by atoms with E-state index in [9.17, 15) is 28.1 Å². The normalized spacial score (nSPS) is 11.3. The third kappa shape index (κ3) is 6.77. The molecule has 0 heterocycles. The number of hydrogen-bond acceptors (Lipinski definition) is 4. The number of nitrogens with zero attached hydrogens (tertiary/aromatic N) is 1. The largest absolute Gasteiger partial charge is 0.416 e. The Labute approximate surface area is 142 Å². The molecule has 0 aliphatic rings. The minimum Gasteiger partial charge on any atom is -0.355 e. The van der Waals surface area contributed by atoms with Gasteiger partial charge in [0.05, 0.1) is 21.1 Å². The minimum atomic E-state index is -4.65. The van der Waals surface area contributed by atoms with Gasteiger partial charge < -0.3 is 5.32 Å². The van der Waals surface area contributed by atoms with E-state index in [-0.39, 0.29) is 16.6 Å². The summed E-state index contributed by atoms with van der Waals surface area (Å²) in [5.41, 5.74) is -1.73. The summed E-state index contributed by atoms with van der Waals surface area (Å²) >= 11 is 0.850. The van der Waals surface area contributed by atoms with E-state index in [0.717, 1.165) is 49.6 Å². The van der Waals surface area contributed by atoms with E-state index in [1.54, 1.807) is 0 Å². The van der Waals surface area contributed by atoms with E-state index in [1.807, 2.05) is 0 Å². The molecule has 0 unspecified atom stereocenters. The van der Waals surface area contributed by atoms with Gasteiger partial charge in [0.2, 0.25) is 5.91 Å². The molecule has 1 rings (SSSR count). The lowest BCUT2D eigenvalue weighted by Crippen LogP contribution is -2.26. The van der Waals surface area contributed by atoms with Crippen molar-refractivity contribution in [3.8, 4) is 0 Å². The van der Waals surface area contributed by atoms with Crippen LogP contribution in [0.2, 0.25) is 0 Å². The first-order valence-corrected chi connectivity index (χ1v) is 8.49. The van der Waals surface area contributed by atoms with Crippen molar-refractivity contribution in [2.75, 3.05) is 12.3 Å². The van der Waals surface area contributed by atoms with Crippen LogP contribution in [0.3, 0.4) is 0 Å². The lowest BCUT2D eigenvalue weighted by molar-refractivity contribution is -0.388. The first-order valence-electron chi connectivity index (χ1n) is 7.50. The van der Waals surface area contributed by atoms with Gasteiger partial charge in [-0.2, -0.15) is 13.2 Å². The number of rotatable bonds is 9. The SMILES string of the molecule is CCCCCCNC(=O)CSc1ccc(C(F)(F)F)cc1[N+](=O)[O-]. The highest BCUT2D eigenvalue weighted by molar-refractivity contribution is 8.00. The van der Waals surface area contributed by atoms with Gasteiger partial charge in [-0.3, -0.25) is 14.9 Å². The Hall–Kier alpha value is -1.77. The van der Waals surface area contributed by atoms with Crippen molar-refractivity contribution in [2.24, 2.45) is 0 Å². The number of amides is 1. The third-order valence-electron chi connectivity index (χ3n) is 3.19. The summed E-state index contributed by atoms with van der Waals surface area (Å²) in [5, 5.41) is 13.6. The zero-order chi connectivity index (χ0) is 18.2. The van der Waals surface area contributed by atoms with Crippen LogP contribution in [-0.2, 0) is 11.0 Å². The molecule has 0 atom stereocenters. The maximum absolute atomic E-state index is 12.6. The van der Waals surface area contributed by atoms with Gasteiger partial charge in [-0.25, -0.2) is 0 Å². The number of benzene rings is 1. The second-order valence-corrected chi connectivity index (χ2v) is 6.15. The molecule has 0 spiro atoms. The molecule has 0 aliphatic carbocycles. The molecule has 1 N–H and O–H groups in total. The van der Waals surface area contributed by atoms with Gasteiger partial charge in [-0.05, 0) is 18.6 Å². The fraction of sp³-hybridized carbons (Fsp3) is 0.533. The predicted octanol–water partition coefficient (Wildman–Crippen LogP) is 4.40. The molecule has 1 aromatic rings. The fourth-order valence-electron chi connectivity index (χ4n) is 1.93. The van der Waals surface area contributed by atoms with Gasteiger partial charge in [0.1, 0.15) is 0 Å². The Balaban J connectivity index is 2.61. The van der Waals surface area contributed by atoms with E-state index in [4.69, 9.17) is 0 Å². The number of carbonyl (C=O) groups excluding carboxylic acids is 1. The number of hydrogen-bond donors (Lipinski definition) is 1. The molecular weight excluding hydrogens is 345 g/mol. The molecule has 0 saturated carbocycles. The number of nitrogens with one attached hydrogen (secondary N) is 1. The first kappa shape index (κ1) is 20.3. The average molecular weight is 364 g/mol. The van der Waals surface area contributed by atoms with Gasteiger partial charge in [-0.15, -0.1) is 11.8 Å². The lowest BCUT2D eigenvalue weighted by Gasteiger charge is -2.09. The molecule has 0 fully saturated rings. The molecule has 1 aromatic carbocycles. The Morgan fingerprint density at radius 3 is 2.58 bits per heavy atom. The first-order chi connectivity index (χ1) is 11.3. The molecule has 134 valence electrons. The number of thioether (sulfide) groups is 1. The van der Waals surface area contributed by atoms with Crippen molar-refractivity contribution in [1.29, 1.82) is 0 Å². The van der Waals surface area contributed by atoms with Gasteiger partial charge in [0.25, 0.3) is 5.69 Å². The number of unbranched alkanes of at least 4 members (excludes halogenated alkanes) is 3. The van der Waals surface area contributed by atoms with E-state index in [1.165, 1.54) is 0 Å². The van der Waals surface area contributed by atoms with Crippen LogP contribution in [-0.4, -0.2) is 23.1 Å². The Bertz CT molecular complexity index is 580. The van der Waals surface area contributed by atoms with Gasteiger partial charge in [0, 0.05) is 12.6 Å². The summed E-state index contributed by atoms with van der Waals surface area (Å²) in [6.45, 7) is 2.60. The quantitative estimate of drug-likeness (QED) is 0.305. The summed E-state index contributed by atoms with van der Waals surface area (Å²) in [6.07, 6.45) is -0.619. The third-order valence-corrected chi connectivity index (χ3v) is 4.26. The van der Waals surface area contributed by atoms with Crippen molar-refractivity contribution in [1.82, 2.24) is 5.32 Å². The Kier molecular flexibility index (Phi) is 8.03. The molecule has 5 nitrogen and oxygen atoms in total. The minimum absolute atomic E-state index is 0.0362. The number of halogens is 3. The van der Waals surface area contributed by atoms with Crippen LogP contribution in [0.25, 0.3) is 0 Å². The zero-order valence-corrected chi connectivity index (χ0v) is 14.0. The van der Waals surface area contributed by atoms with Crippen LogP contribution < -0.4 is 5.32 Å². The second kappa shape index (κ2) is 9.51. The van der Waals surface area contributed by atoms with Crippen LogP contribution >= 0.6 is 11.8 Å². The van der Waals surface area contributed by atoms with Gasteiger partial charge in [0.15, 0.2) is 0 Å².